The molecule has 1 N–H and O–H groups in total. The van der Waals surface area contributed by atoms with Gasteiger partial charge in [-0.15, -0.1) is 0 Å². The number of urea groups is 1. The lowest BCUT2D eigenvalue weighted by atomic mass is 9.77. The number of rotatable bonds is 6. The Hall–Kier alpha value is -2.66. The Morgan fingerprint density at radius 3 is 2.03 bits per heavy atom. The molecule has 0 bridgehead atoms. The van der Waals surface area contributed by atoms with Gasteiger partial charge in [0.2, 0.25) is 0 Å². The summed E-state index contributed by atoms with van der Waals surface area (Å²) in [5.74, 6) is -0.0364. The van der Waals surface area contributed by atoms with Gasteiger partial charge in [0.1, 0.15) is 5.54 Å². The molecule has 158 valence electrons. The summed E-state index contributed by atoms with van der Waals surface area (Å²) in [4.78, 5) is 30.8. The van der Waals surface area contributed by atoms with Gasteiger partial charge in [0.25, 0.3) is 5.91 Å². The largest absolute Gasteiger partial charge is 0.332 e. The molecule has 1 unspecified atom stereocenters. The summed E-state index contributed by atoms with van der Waals surface area (Å²) in [6, 6.07) is 20.0. The average Bonchev–Trinajstić information content (AvgIpc) is 2.98. The van der Waals surface area contributed by atoms with Crippen molar-refractivity contribution in [2.75, 3.05) is 11.4 Å². The highest BCUT2D eigenvalue weighted by Crippen LogP contribution is 2.42. The number of carbonyl (C=O) groups excluding carboxylic acids is 2. The van der Waals surface area contributed by atoms with Gasteiger partial charge >= 0.3 is 6.03 Å². The van der Waals surface area contributed by atoms with Crippen LogP contribution in [0.15, 0.2) is 60.7 Å². The monoisotopic (exact) mass is 405 g/mol. The molecule has 5 nitrogen and oxygen atoms in total. The maximum atomic E-state index is 13.9. The summed E-state index contributed by atoms with van der Waals surface area (Å²) in [6.07, 6.45) is 3.85. The molecule has 2 heterocycles. The number of nitrogens with zero attached hydrogens (tertiary/aromatic N) is 2. The normalized spacial score (nSPS) is 26.6. The van der Waals surface area contributed by atoms with Crippen molar-refractivity contribution in [2.45, 2.75) is 63.6 Å². The fourth-order valence-electron chi connectivity index (χ4n) is 4.99. The van der Waals surface area contributed by atoms with Crippen LogP contribution in [0, 0.1) is 0 Å². The van der Waals surface area contributed by atoms with E-state index in [0.717, 1.165) is 24.1 Å². The maximum Gasteiger partial charge on any atom is 0.332 e. The van der Waals surface area contributed by atoms with E-state index < -0.39 is 5.54 Å². The van der Waals surface area contributed by atoms with Crippen LogP contribution < -0.4 is 10.2 Å². The van der Waals surface area contributed by atoms with Crippen molar-refractivity contribution in [1.29, 1.82) is 0 Å². The SMILES string of the molecule is CC[C@@H]1CC2(C[C@H](CC)N1)C(=O)N(CCc1ccccc1)C(=O)N2c1ccccc1. The topological polar surface area (TPSA) is 52.7 Å². The molecule has 2 aromatic carbocycles. The maximum absolute atomic E-state index is 13.9. The predicted octanol–water partition coefficient (Wildman–Crippen LogP) is 4.38. The zero-order chi connectivity index (χ0) is 21.1. The van der Waals surface area contributed by atoms with Gasteiger partial charge in [-0.1, -0.05) is 62.4 Å². The number of nitrogens with one attached hydrogen (secondary N) is 1. The molecule has 0 saturated carbocycles. The van der Waals surface area contributed by atoms with E-state index in [-0.39, 0.29) is 24.0 Å². The van der Waals surface area contributed by atoms with Crippen LogP contribution in [0.25, 0.3) is 0 Å². The van der Waals surface area contributed by atoms with E-state index in [4.69, 9.17) is 0 Å². The first-order valence-electron chi connectivity index (χ1n) is 11.1. The van der Waals surface area contributed by atoms with Gasteiger partial charge in [-0.25, -0.2) is 4.79 Å². The number of hydrogen-bond acceptors (Lipinski definition) is 3. The van der Waals surface area contributed by atoms with Crippen LogP contribution in [-0.4, -0.2) is 41.0 Å². The van der Waals surface area contributed by atoms with Crippen molar-refractivity contribution in [3.8, 4) is 0 Å². The molecule has 2 aliphatic rings. The lowest BCUT2D eigenvalue weighted by molar-refractivity contribution is -0.132. The molecular weight excluding hydrogens is 374 g/mol. The van der Waals surface area contributed by atoms with Crippen LogP contribution in [0.2, 0.25) is 0 Å². The standard InChI is InChI=1S/C25H31N3O2/c1-3-20-17-25(18-21(4-2)26-20)23(29)27(16-15-19-11-7-5-8-12-19)24(30)28(25)22-13-9-6-10-14-22/h5-14,20-21,26H,3-4,15-18H2,1-2H3/t20-,21+,25?. The van der Waals surface area contributed by atoms with Gasteiger partial charge in [0.15, 0.2) is 0 Å². The lowest BCUT2D eigenvalue weighted by Crippen LogP contribution is -2.62. The van der Waals surface area contributed by atoms with E-state index in [0.29, 0.717) is 25.8 Å². The second kappa shape index (κ2) is 8.60. The van der Waals surface area contributed by atoms with Crippen molar-refractivity contribution < 1.29 is 9.59 Å². The third-order valence-corrected chi connectivity index (χ3v) is 6.60. The third kappa shape index (κ3) is 3.63. The summed E-state index contributed by atoms with van der Waals surface area (Å²) in [5.41, 5.74) is 1.14. The second-order valence-electron chi connectivity index (χ2n) is 8.46. The highest BCUT2D eigenvalue weighted by molar-refractivity contribution is 6.17. The van der Waals surface area contributed by atoms with E-state index in [9.17, 15) is 9.59 Å². The van der Waals surface area contributed by atoms with Gasteiger partial charge in [-0.2, -0.15) is 0 Å². The third-order valence-electron chi connectivity index (χ3n) is 6.60. The number of anilines is 1. The summed E-state index contributed by atoms with van der Waals surface area (Å²) in [6.45, 7) is 4.70. The number of carbonyl (C=O) groups is 2. The van der Waals surface area contributed by atoms with Gasteiger partial charge in [0.05, 0.1) is 0 Å². The number of benzene rings is 2. The first kappa shape index (κ1) is 20.6. The predicted molar refractivity (Wildman–Crippen MR) is 119 cm³/mol. The molecule has 5 heteroatoms. The summed E-state index contributed by atoms with van der Waals surface area (Å²) in [5, 5.41) is 3.68. The van der Waals surface area contributed by atoms with Crippen molar-refractivity contribution >= 4 is 17.6 Å². The fraction of sp³-hybridized carbons (Fsp3) is 0.440. The Kier molecular flexibility index (Phi) is 5.91. The Morgan fingerprint density at radius 1 is 0.900 bits per heavy atom. The molecular formula is C25H31N3O2. The van der Waals surface area contributed by atoms with Crippen LogP contribution in [0.1, 0.15) is 45.1 Å². The van der Waals surface area contributed by atoms with Crippen molar-refractivity contribution in [3.05, 3.63) is 66.2 Å². The van der Waals surface area contributed by atoms with Crippen LogP contribution in [0.3, 0.4) is 0 Å². The molecule has 30 heavy (non-hydrogen) atoms. The highest BCUT2D eigenvalue weighted by atomic mass is 16.2. The summed E-state index contributed by atoms with van der Waals surface area (Å²) in [7, 11) is 0. The van der Waals surface area contributed by atoms with E-state index in [2.05, 4.69) is 19.2 Å². The van der Waals surface area contributed by atoms with Crippen molar-refractivity contribution in [1.82, 2.24) is 10.2 Å². The highest BCUT2D eigenvalue weighted by Gasteiger charge is 2.60. The van der Waals surface area contributed by atoms with Gasteiger partial charge in [0, 0.05) is 24.3 Å². The molecule has 0 radical (unpaired) electrons. The van der Waals surface area contributed by atoms with Gasteiger partial charge in [-0.3, -0.25) is 14.6 Å². The van der Waals surface area contributed by atoms with Crippen LogP contribution >= 0.6 is 0 Å². The second-order valence-corrected chi connectivity index (χ2v) is 8.46. The molecule has 2 saturated heterocycles. The molecule has 2 aliphatic heterocycles. The molecule has 0 aliphatic carbocycles. The first-order valence-corrected chi connectivity index (χ1v) is 11.1. The van der Waals surface area contributed by atoms with E-state index in [1.54, 1.807) is 4.90 Å². The number of imide groups is 1. The lowest BCUT2D eigenvalue weighted by Gasteiger charge is -2.45. The molecule has 0 aromatic heterocycles. The van der Waals surface area contributed by atoms with E-state index in [1.807, 2.05) is 60.7 Å². The fourth-order valence-corrected chi connectivity index (χ4v) is 4.99. The smallest absolute Gasteiger partial charge is 0.311 e. The number of amides is 3. The Bertz CT molecular complexity index is 872. The molecule has 4 rings (SSSR count). The van der Waals surface area contributed by atoms with Crippen molar-refractivity contribution in [2.24, 2.45) is 0 Å². The van der Waals surface area contributed by atoms with E-state index >= 15 is 0 Å². The van der Waals surface area contributed by atoms with Crippen LogP contribution in [0.4, 0.5) is 10.5 Å². The molecule has 1 spiro atoms. The quantitative estimate of drug-likeness (QED) is 0.726. The zero-order valence-corrected chi connectivity index (χ0v) is 17.9. The minimum absolute atomic E-state index is 0.0364. The molecule has 2 fully saturated rings. The molecule has 3 atom stereocenters. The van der Waals surface area contributed by atoms with Gasteiger partial charge in [-0.05, 0) is 49.8 Å². The van der Waals surface area contributed by atoms with Crippen LogP contribution in [-0.2, 0) is 11.2 Å². The Balaban J connectivity index is 1.70. The number of piperidine rings is 1. The number of para-hydroxylation sites is 1. The number of hydrogen-bond donors (Lipinski definition) is 1. The molecule has 3 amide bonds. The minimum Gasteiger partial charge on any atom is -0.311 e. The Labute approximate surface area is 179 Å². The summed E-state index contributed by atoms with van der Waals surface area (Å²) < 4.78 is 0. The Morgan fingerprint density at radius 2 is 1.47 bits per heavy atom. The molecule has 2 aromatic rings. The zero-order valence-electron chi connectivity index (χ0n) is 17.9. The van der Waals surface area contributed by atoms with Gasteiger partial charge < -0.3 is 5.32 Å². The first-order chi connectivity index (χ1) is 14.6. The van der Waals surface area contributed by atoms with Crippen molar-refractivity contribution in [3.63, 3.8) is 0 Å². The summed E-state index contributed by atoms with van der Waals surface area (Å²) >= 11 is 0. The van der Waals surface area contributed by atoms with E-state index in [1.165, 1.54) is 4.90 Å². The minimum atomic E-state index is -0.804. The van der Waals surface area contributed by atoms with Crippen LogP contribution in [0.5, 0.6) is 0 Å². The average molecular weight is 406 g/mol.